The standard InChI is InChI=1S/C13H19BrN2O2/c1-8(2)4-12(15)13(17)16-10-5-9(14)6-11(7-10)18-3/h5-8,12H,4,15H2,1-3H3,(H,16,17)/t12-/m0/s1. The zero-order valence-electron chi connectivity index (χ0n) is 10.9. The molecule has 5 heteroatoms. The highest BCUT2D eigenvalue weighted by Gasteiger charge is 2.15. The molecule has 0 fully saturated rings. The number of halogens is 1. The van der Waals surface area contributed by atoms with E-state index in [1.807, 2.05) is 26.0 Å². The van der Waals surface area contributed by atoms with Gasteiger partial charge in [-0.1, -0.05) is 29.8 Å². The van der Waals surface area contributed by atoms with E-state index < -0.39 is 6.04 Å². The van der Waals surface area contributed by atoms with Crippen molar-refractivity contribution < 1.29 is 9.53 Å². The molecule has 3 N–H and O–H groups in total. The Morgan fingerprint density at radius 2 is 2.11 bits per heavy atom. The fourth-order valence-corrected chi connectivity index (χ4v) is 2.07. The summed E-state index contributed by atoms with van der Waals surface area (Å²) in [7, 11) is 1.58. The van der Waals surface area contributed by atoms with Gasteiger partial charge in [-0.05, 0) is 24.5 Å². The lowest BCUT2D eigenvalue weighted by atomic mass is 10.0. The molecule has 0 spiro atoms. The number of ether oxygens (including phenoxy) is 1. The Balaban J connectivity index is 2.72. The Labute approximate surface area is 116 Å². The van der Waals surface area contributed by atoms with Crippen LogP contribution < -0.4 is 15.8 Å². The van der Waals surface area contributed by atoms with Crippen molar-refractivity contribution in [2.45, 2.75) is 26.3 Å². The number of nitrogens with one attached hydrogen (secondary N) is 1. The van der Waals surface area contributed by atoms with E-state index in [4.69, 9.17) is 10.5 Å². The number of amides is 1. The fourth-order valence-electron chi connectivity index (χ4n) is 1.60. The second-order valence-corrected chi connectivity index (χ2v) is 5.52. The Hall–Kier alpha value is -1.07. The molecular formula is C13H19BrN2O2. The van der Waals surface area contributed by atoms with Crippen molar-refractivity contribution >= 4 is 27.5 Å². The Bertz CT molecular complexity index is 421. The quantitative estimate of drug-likeness (QED) is 0.878. The van der Waals surface area contributed by atoms with Crippen LogP contribution in [0.4, 0.5) is 5.69 Å². The molecule has 0 aromatic heterocycles. The average molecular weight is 315 g/mol. The number of methoxy groups -OCH3 is 1. The highest BCUT2D eigenvalue weighted by atomic mass is 79.9. The topological polar surface area (TPSA) is 64.3 Å². The van der Waals surface area contributed by atoms with Gasteiger partial charge in [-0.3, -0.25) is 4.79 Å². The van der Waals surface area contributed by atoms with Crippen molar-refractivity contribution in [2.24, 2.45) is 11.7 Å². The van der Waals surface area contributed by atoms with Crippen molar-refractivity contribution in [3.8, 4) is 5.75 Å². The Morgan fingerprint density at radius 3 is 2.67 bits per heavy atom. The van der Waals surface area contributed by atoms with Crippen LogP contribution in [0.15, 0.2) is 22.7 Å². The summed E-state index contributed by atoms with van der Waals surface area (Å²) in [6, 6.07) is 4.90. The molecule has 0 unspecified atom stereocenters. The monoisotopic (exact) mass is 314 g/mol. The lowest BCUT2D eigenvalue weighted by molar-refractivity contribution is -0.117. The van der Waals surface area contributed by atoms with Crippen LogP contribution in [0.2, 0.25) is 0 Å². The number of carbonyl (C=O) groups excluding carboxylic acids is 1. The molecule has 18 heavy (non-hydrogen) atoms. The molecule has 0 aliphatic rings. The number of hydrogen-bond donors (Lipinski definition) is 2. The third-order valence-corrected chi connectivity index (χ3v) is 2.89. The third kappa shape index (κ3) is 4.66. The summed E-state index contributed by atoms with van der Waals surface area (Å²) in [5, 5.41) is 2.79. The van der Waals surface area contributed by atoms with Gasteiger partial charge in [0.2, 0.25) is 5.91 Å². The zero-order chi connectivity index (χ0) is 13.7. The minimum atomic E-state index is -0.491. The van der Waals surface area contributed by atoms with Crippen molar-refractivity contribution in [2.75, 3.05) is 12.4 Å². The minimum absolute atomic E-state index is 0.177. The maximum absolute atomic E-state index is 11.9. The molecule has 1 aromatic rings. The maximum Gasteiger partial charge on any atom is 0.241 e. The Kier molecular flexibility index (Phi) is 5.62. The summed E-state index contributed by atoms with van der Waals surface area (Å²) < 4.78 is 5.97. The molecular weight excluding hydrogens is 296 g/mol. The lowest BCUT2D eigenvalue weighted by Crippen LogP contribution is -2.36. The molecule has 1 amide bonds. The van der Waals surface area contributed by atoms with Crippen LogP contribution >= 0.6 is 15.9 Å². The van der Waals surface area contributed by atoms with E-state index in [1.54, 1.807) is 13.2 Å². The van der Waals surface area contributed by atoms with E-state index in [9.17, 15) is 4.79 Å². The first-order chi connectivity index (χ1) is 8.42. The molecule has 1 rings (SSSR count). The van der Waals surface area contributed by atoms with Gasteiger partial charge >= 0.3 is 0 Å². The van der Waals surface area contributed by atoms with Gasteiger partial charge in [-0.15, -0.1) is 0 Å². The summed E-state index contributed by atoms with van der Waals surface area (Å²) in [5.74, 6) is 0.892. The van der Waals surface area contributed by atoms with E-state index in [-0.39, 0.29) is 5.91 Å². The van der Waals surface area contributed by atoms with Gasteiger partial charge in [0.05, 0.1) is 13.2 Å². The van der Waals surface area contributed by atoms with E-state index in [0.29, 0.717) is 23.8 Å². The summed E-state index contributed by atoms with van der Waals surface area (Å²) >= 11 is 3.36. The first kappa shape index (κ1) is 15.0. The van der Waals surface area contributed by atoms with Crippen LogP contribution in [-0.2, 0) is 4.79 Å². The highest BCUT2D eigenvalue weighted by Crippen LogP contribution is 2.24. The van der Waals surface area contributed by atoms with Gasteiger partial charge in [0, 0.05) is 16.2 Å². The number of anilines is 1. The number of hydrogen-bond acceptors (Lipinski definition) is 3. The normalized spacial score (nSPS) is 12.3. The van der Waals surface area contributed by atoms with E-state index >= 15 is 0 Å². The van der Waals surface area contributed by atoms with Gasteiger partial charge in [-0.2, -0.15) is 0 Å². The second-order valence-electron chi connectivity index (χ2n) is 4.61. The van der Waals surface area contributed by atoms with Crippen LogP contribution in [0, 0.1) is 5.92 Å². The molecule has 0 bridgehead atoms. The van der Waals surface area contributed by atoms with Crippen LogP contribution in [0.3, 0.4) is 0 Å². The van der Waals surface area contributed by atoms with Gasteiger partial charge in [0.25, 0.3) is 0 Å². The van der Waals surface area contributed by atoms with Crippen LogP contribution in [0.25, 0.3) is 0 Å². The first-order valence-electron chi connectivity index (χ1n) is 5.83. The van der Waals surface area contributed by atoms with Crippen molar-refractivity contribution in [3.05, 3.63) is 22.7 Å². The van der Waals surface area contributed by atoms with Crippen LogP contribution in [-0.4, -0.2) is 19.1 Å². The molecule has 4 nitrogen and oxygen atoms in total. The van der Waals surface area contributed by atoms with Gasteiger partial charge in [0.1, 0.15) is 5.75 Å². The van der Waals surface area contributed by atoms with E-state index in [1.165, 1.54) is 0 Å². The second kappa shape index (κ2) is 6.75. The largest absolute Gasteiger partial charge is 0.497 e. The summed E-state index contributed by atoms with van der Waals surface area (Å²) in [6.45, 7) is 4.07. The van der Waals surface area contributed by atoms with Crippen LogP contribution in [0.1, 0.15) is 20.3 Å². The summed E-state index contributed by atoms with van der Waals surface area (Å²) in [5.41, 5.74) is 6.49. The molecule has 0 radical (unpaired) electrons. The van der Waals surface area contributed by atoms with Crippen molar-refractivity contribution in [1.29, 1.82) is 0 Å². The molecule has 1 atom stereocenters. The van der Waals surface area contributed by atoms with E-state index in [2.05, 4.69) is 21.2 Å². The SMILES string of the molecule is COc1cc(Br)cc(NC(=O)[C@@H](N)CC(C)C)c1. The molecule has 100 valence electrons. The maximum atomic E-state index is 11.9. The van der Waals surface area contributed by atoms with Crippen molar-refractivity contribution in [3.63, 3.8) is 0 Å². The molecule has 0 saturated heterocycles. The third-order valence-electron chi connectivity index (χ3n) is 2.44. The van der Waals surface area contributed by atoms with Gasteiger partial charge in [0.15, 0.2) is 0 Å². The lowest BCUT2D eigenvalue weighted by Gasteiger charge is -2.14. The van der Waals surface area contributed by atoms with Gasteiger partial charge < -0.3 is 15.8 Å². The number of nitrogens with two attached hydrogens (primary N) is 1. The van der Waals surface area contributed by atoms with Crippen molar-refractivity contribution in [1.82, 2.24) is 0 Å². The molecule has 0 aliphatic heterocycles. The average Bonchev–Trinajstić information content (AvgIpc) is 2.27. The summed E-state index contributed by atoms with van der Waals surface area (Å²) in [6.07, 6.45) is 0.664. The summed E-state index contributed by atoms with van der Waals surface area (Å²) in [4.78, 5) is 11.9. The number of rotatable bonds is 5. The zero-order valence-corrected chi connectivity index (χ0v) is 12.5. The minimum Gasteiger partial charge on any atom is -0.497 e. The number of benzene rings is 1. The smallest absolute Gasteiger partial charge is 0.241 e. The predicted octanol–water partition coefficient (Wildman–Crippen LogP) is 2.77. The first-order valence-corrected chi connectivity index (χ1v) is 6.62. The predicted molar refractivity (Wildman–Crippen MR) is 76.8 cm³/mol. The number of carbonyl (C=O) groups is 1. The van der Waals surface area contributed by atoms with Crippen LogP contribution in [0.5, 0.6) is 5.75 Å². The molecule has 0 saturated carbocycles. The highest BCUT2D eigenvalue weighted by molar-refractivity contribution is 9.10. The molecule has 1 aromatic carbocycles. The Morgan fingerprint density at radius 1 is 1.44 bits per heavy atom. The molecule has 0 heterocycles. The van der Waals surface area contributed by atoms with E-state index in [0.717, 1.165) is 4.47 Å². The molecule has 0 aliphatic carbocycles. The fraction of sp³-hybridized carbons (Fsp3) is 0.462. The van der Waals surface area contributed by atoms with Gasteiger partial charge in [-0.25, -0.2) is 0 Å².